The second kappa shape index (κ2) is 4.01. The van der Waals surface area contributed by atoms with Crippen LogP contribution in [0.4, 0.5) is 0 Å². The third-order valence-corrected chi connectivity index (χ3v) is 3.76. The molecule has 0 saturated carbocycles. The fraction of sp³-hybridized carbons (Fsp3) is 0.0833. The maximum atomic E-state index is 5.39. The Kier molecular flexibility index (Phi) is 2.49. The summed E-state index contributed by atoms with van der Waals surface area (Å²) in [6.45, 7) is 1.88. The van der Waals surface area contributed by atoms with Gasteiger partial charge in [0.2, 0.25) is 0 Å². The summed E-state index contributed by atoms with van der Waals surface area (Å²) < 4.78 is 3.81. The lowest BCUT2D eigenvalue weighted by molar-refractivity contribution is 1.02. The molecule has 0 saturated heterocycles. The van der Waals surface area contributed by atoms with Crippen LogP contribution in [0.15, 0.2) is 36.5 Å². The standard InChI is InChI=1S/C12H9N3S2/c1-8-13-7-10-11(14-8)15(12(16)17-10)9-5-3-2-4-6-9/h2-7H,1H3. The van der Waals surface area contributed by atoms with E-state index in [1.54, 1.807) is 0 Å². The molecule has 2 aromatic heterocycles. The molecule has 0 spiro atoms. The van der Waals surface area contributed by atoms with Gasteiger partial charge in [-0.2, -0.15) is 0 Å². The van der Waals surface area contributed by atoms with Crippen molar-refractivity contribution in [2.24, 2.45) is 0 Å². The van der Waals surface area contributed by atoms with Gasteiger partial charge in [0.05, 0.1) is 10.9 Å². The third kappa shape index (κ3) is 1.77. The Balaban J connectivity index is 2.40. The molecule has 0 bridgehead atoms. The molecule has 0 N–H and O–H groups in total. The fourth-order valence-electron chi connectivity index (χ4n) is 1.71. The zero-order chi connectivity index (χ0) is 11.8. The fourth-order valence-corrected chi connectivity index (χ4v) is 2.98. The lowest BCUT2D eigenvalue weighted by atomic mass is 10.3. The van der Waals surface area contributed by atoms with Crippen LogP contribution >= 0.6 is 23.6 Å². The first kappa shape index (κ1) is 10.6. The second-order valence-electron chi connectivity index (χ2n) is 3.64. The molecule has 0 unspecified atom stereocenters. The molecule has 0 aliphatic heterocycles. The lowest BCUT2D eigenvalue weighted by Crippen LogP contribution is -1.96. The van der Waals surface area contributed by atoms with Crippen LogP contribution in [-0.4, -0.2) is 14.5 Å². The maximum Gasteiger partial charge on any atom is 0.168 e. The maximum absolute atomic E-state index is 5.39. The van der Waals surface area contributed by atoms with Crippen LogP contribution in [0, 0.1) is 10.9 Å². The lowest BCUT2D eigenvalue weighted by Gasteiger charge is -2.03. The Morgan fingerprint density at radius 3 is 2.76 bits per heavy atom. The first-order valence-electron chi connectivity index (χ1n) is 5.16. The number of fused-ring (bicyclic) bond motifs is 1. The number of aromatic nitrogens is 3. The van der Waals surface area contributed by atoms with Crippen LogP contribution in [0.1, 0.15) is 5.82 Å². The zero-order valence-corrected chi connectivity index (χ0v) is 10.8. The predicted molar refractivity (Wildman–Crippen MR) is 72.3 cm³/mol. The molecule has 0 fully saturated rings. The highest BCUT2D eigenvalue weighted by Crippen LogP contribution is 2.24. The molecule has 5 heteroatoms. The molecule has 3 nitrogen and oxygen atoms in total. The van der Waals surface area contributed by atoms with Gasteiger partial charge in [-0.3, -0.25) is 4.57 Å². The number of thiazole rings is 1. The van der Waals surface area contributed by atoms with Gasteiger partial charge in [-0.05, 0) is 31.3 Å². The summed E-state index contributed by atoms with van der Waals surface area (Å²) in [5.74, 6) is 0.759. The molecular formula is C12H9N3S2. The van der Waals surface area contributed by atoms with Gasteiger partial charge in [0.1, 0.15) is 5.82 Å². The first-order valence-corrected chi connectivity index (χ1v) is 6.39. The van der Waals surface area contributed by atoms with Crippen molar-refractivity contribution in [3.05, 3.63) is 46.3 Å². The van der Waals surface area contributed by atoms with Crippen molar-refractivity contribution in [1.29, 1.82) is 0 Å². The van der Waals surface area contributed by atoms with Gasteiger partial charge in [-0.1, -0.05) is 18.2 Å². The largest absolute Gasteiger partial charge is 0.276 e. The Morgan fingerprint density at radius 2 is 2.00 bits per heavy atom. The highest BCUT2D eigenvalue weighted by Gasteiger charge is 2.08. The minimum absolute atomic E-state index is 0.759. The molecule has 0 aliphatic rings. The quantitative estimate of drug-likeness (QED) is 0.626. The molecule has 84 valence electrons. The van der Waals surface area contributed by atoms with Gasteiger partial charge in [-0.25, -0.2) is 9.97 Å². The third-order valence-electron chi connectivity index (χ3n) is 2.46. The van der Waals surface area contributed by atoms with Gasteiger partial charge >= 0.3 is 0 Å². The normalized spacial score (nSPS) is 10.9. The van der Waals surface area contributed by atoms with Crippen molar-refractivity contribution in [2.75, 3.05) is 0 Å². The summed E-state index contributed by atoms with van der Waals surface area (Å²) in [6, 6.07) is 10.0. The number of aryl methyl sites for hydroxylation is 1. The van der Waals surface area contributed by atoms with Gasteiger partial charge in [-0.15, -0.1) is 11.3 Å². The Labute approximate surface area is 107 Å². The zero-order valence-electron chi connectivity index (χ0n) is 9.12. The molecule has 17 heavy (non-hydrogen) atoms. The molecular weight excluding hydrogens is 250 g/mol. The van der Waals surface area contributed by atoms with Gasteiger partial charge < -0.3 is 0 Å². The van der Waals surface area contributed by atoms with Gasteiger partial charge in [0, 0.05) is 5.69 Å². The molecule has 0 radical (unpaired) electrons. The number of hydrogen-bond acceptors (Lipinski definition) is 4. The summed E-state index contributed by atoms with van der Waals surface area (Å²) in [7, 11) is 0. The molecule has 1 aromatic carbocycles. The van der Waals surface area contributed by atoms with Crippen LogP contribution in [0.25, 0.3) is 16.0 Å². The summed E-state index contributed by atoms with van der Waals surface area (Å²) >= 11 is 6.93. The first-order chi connectivity index (χ1) is 8.25. The van der Waals surface area contributed by atoms with Crippen LogP contribution < -0.4 is 0 Å². The average molecular weight is 259 g/mol. The van der Waals surface area contributed by atoms with E-state index in [4.69, 9.17) is 12.2 Å². The van der Waals surface area contributed by atoms with Gasteiger partial charge in [0.25, 0.3) is 0 Å². The van der Waals surface area contributed by atoms with Crippen molar-refractivity contribution in [2.45, 2.75) is 6.92 Å². The van der Waals surface area contributed by atoms with Crippen molar-refractivity contribution < 1.29 is 0 Å². The minimum Gasteiger partial charge on any atom is -0.276 e. The summed E-state index contributed by atoms with van der Waals surface area (Å²) in [6.07, 6.45) is 1.83. The Bertz CT molecular complexity index is 728. The summed E-state index contributed by atoms with van der Waals surface area (Å²) in [5.41, 5.74) is 1.93. The van der Waals surface area contributed by atoms with Crippen molar-refractivity contribution >= 4 is 33.9 Å². The van der Waals surface area contributed by atoms with E-state index in [9.17, 15) is 0 Å². The molecule has 0 atom stereocenters. The van der Waals surface area contributed by atoms with Crippen LogP contribution in [-0.2, 0) is 0 Å². The number of para-hydroxylation sites is 1. The monoisotopic (exact) mass is 259 g/mol. The Hall–Kier alpha value is -1.59. The number of nitrogens with zero attached hydrogens (tertiary/aromatic N) is 3. The van der Waals surface area contributed by atoms with E-state index in [0.717, 1.165) is 25.8 Å². The van der Waals surface area contributed by atoms with E-state index in [2.05, 4.69) is 9.97 Å². The van der Waals surface area contributed by atoms with Gasteiger partial charge in [0.15, 0.2) is 9.60 Å². The van der Waals surface area contributed by atoms with Crippen molar-refractivity contribution in [3.8, 4) is 5.69 Å². The highest BCUT2D eigenvalue weighted by molar-refractivity contribution is 7.73. The van der Waals surface area contributed by atoms with E-state index in [1.165, 1.54) is 11.3 Å². The van der Waals surface area contributed by atoms with E-state index < -0.39 is 0 Å². The van der Waals surface area contributed by atoms with Crippen molar-refractivity contribution in [1.82, 2.24) is 14.5 Å². The van der Waals surface area contributed by atoms with E-state index >= 15 is 0 Å². The predicted octanol–water partition coefficient (Wildman–Crippen LogP) is 3.52. The van der Waals surface area contributed by atoms with Crippen molar-refractivity contribution in [3.63, 3.8) is 0 Å². The van der Waals surface area contributed by atoms with E-state index in [1.807, 2.05) is 48.0 Å². The molecule has 3 aromatic rings. The number of rotatable bonds is 1. The average Bonchev–Trinajstić information content (AvgIpc) is 2.65. The smallest absolute Gasteiger partial charge is 0.168 e. The van der Waals surface area contributed by atoms with Crippen LogP contribution in [0.2, 0.25) is 0 Å². The van der Waals surface area contributed by atoms with E-state index in [0.29, 0.717) is 0 Å². The molecule has 3 rings (SSSR count). The SMILES string of the molecule is Cc1ncc2sc(=S)n(-c3ccccc3)c2n1. The topological polar surface area (TPSA) is 30.7 Å². The number of hydrogen-bond donors (Lipinski definition) is 0. The number of benzene rings is 1. The second-order valence-corrected chi connectivity index (χ2v) is 5.32. The molecule has 2 heterocycles. The highest BCUT2D eigenvalue weighted by atomic mass is 32.1. The molecule has 0 aliphatic carbocycles. The minimum atomic E-state index is 0.759. The summed E-state index contributed by atoms with van der Waals surface area (Å²) in [5, 5.41) is 0. The molecule has 0 amide bonds. The van der Waals surface area contributed by atoms with E-state index in [-0.39, 0.29) is 0 Å². The van der Waals surface area contributed by atoms with Crippen LogP contribution in [0.5, 0.6) is 0 Å². The Morgan fingerprint density at radius 1 is 1.24 bits per heavy atom. The van der Waals surface area contributed by atoms with Crippen LogP contribution in [0.3, 0.4) is 0 Å². The summed E-state index contributed by atoms with van der Waals surface area (Å²) in [4.78, 5) is 8.66.